The average Bonchev–Trinajstić information content (AvgIpc) is 3.21. The van der Waals surface area contributed by atoms with Crippen molar-refractivity contribution in [2.75, 3.05) is 5.32 Å². The molecule has 1 amide bonds. The number of halogens is 1. The van der Waals surface area contributed by atoms with E-state index in [0.29, 0.717) is 34.0 Å². The van der Waals surface area contributed by atoms with Gasteiger partial charge in [0.1, 0.15) is 17.2 Å². The summed E-state index contributed by atoms with van der Waals surface area (Å²) in [4.78, 5) is 28.1. The average molecular weight is 554 g/mol. The van der Waals surface area contributed by atoms with Crippen molar-refractivity contribution in [3.8, 4) is 22.5 Å². The standard InChI is InChI=1S/C30H36FN3O6/c1-18(2)28-33-26(20-7-6-8-22(15-20)32-29(39)40-30(3,4)5)27(19-9-11-21(31)12-10-19)34(28)14-13-23(35)16-24(36)17-25(37)38/h6-15,18,23-24,35-36H,16-17H2,1-5H3,(H,32,39)(H,37,38)/b14-13+. The number of rotatable bonds is 10. The highest BCUT2D eigenvalue weighted by Gasteiger charge is 2.22. The van der Waals surface area contributed by atoms with Crippen LogP contribution in [0.3, 0.4) is 0 Å². The molecule has 0 radical (unpaired) electrons. The highest BCUT2D eigenvalue weighted by Crippen LogP contribution is 2.36. The van der Waals surface area contributed by atoms with Crippen molar-refractivity contribution >= 4 is 23.9 Å². The topological polar surface area (TPSA) is 134 Å². The number of benzene rings is 2. The normalized spacial score (nSPS) is 13.4. The van der Waals surface area contributed by atoms with Crippen LogP contribution in [-0.2, 0) is 9.53 Å². The molecule has 0 aliphatic heterocycles. The number of nitrogens with zero attached hydrogens (tertiary/aromatic N) is 2. The lowest BCUT2D eigenvalue weighted by molar-refractivity contribution is -0.139. The van der Waals surface area contributed by atoms with Crippen molar-refractivity contribution in [1.29, 1.82) is 0 Å². The number of amides is 1. The first-order valence-corrected chi connectivity index (χ1v) is 13.0. The highest BCUT2D eigenvalue weighted by molar-refractivity contribution is 5.88. The van der Waals surface area contributed by atoms with Gasteiger partial charge in [-0.1, -0.05) is 26.0 Å². The van der Waals surface area contributed by atoms with Crippen LogP contribution in [0.5, 0.6) is 0 Å². The van der Waals surface area contributed by atoms with Crippen molar-refractivity contribution in [1.82, 2.24) is 9.55 Å². The number of anilines is 1. The van der Waals surface area contributed by atoms with E-state index >= 15 is 0 Å². The molecule has 214 valence electrons. The van der Waals surface area contributed by atoms with Crippen LogP contribution in [0.1, 0.15) is 59.2 Å². The molecule has 4 N–H and O–H groups in total. The molecule has 1 heterocycles. The molecule has 0 fully saturated rings. The Balaban J connectivity index is 2.09. The highest BCUT2D eigenvalue weighted by atomic mass is 19.1. The van der Waals surface area contributed by atoms with Gasteiger partial charge in [-0.3, -0.25) is 10.1 Å². The molecule has 0 aliphatic carbocycles. The molecule has 0 aliphatic rings. The Labute approximate surface area is 233 Å². The second-order valence-corrected chi connectivity index (χ2v) is 10.8. The Morgan fingerprint density at radius 2 is 1.77 bits per heavy atom. The van der Waals surface area contributed by atoms with Crippen LogP contribution in [0.25, 0.3) is 28.7 Å². The number of hydrogen-bond acceptors (Lipinski definition) is 6. The molecule has 3 aromatic rings. The number of imidazole rings is 1. The Hall–Kier alpha value is -4.02. The van der Waals surface area contributed by atoms with Gasteiger partial charge >= 0.3 is 12.1 Å². The molecule has 0 bridgehead atoms. The summed E-state index contributed by atoms with van der Waals surface area (Å²) >= 11 is 0. The molecule has 2 aromatic carbocycles. The van der Waals surface area contributed by atoms with E-state index in [0.717, 1.165) is 0 Å². The summed E-state index contributed by atoms with van der Waals surface area (Å²) in [5.74, 6) is -0.973. The largest absolute Gasteiger partial charge is 0.481 e. The zero-order valence-electron chi connectivity index (χ0n) is 23.3. The fourth-order valence-corrected chi connectivity index (χ4v) is 4.09. The van der Waals surface area contributed by atoms with E-state index in [1.54, 1.807) is 61.9 Å². The van der Waals surface area contributed by atoms with Crippen LogP contribution in [0.15, 0.2) is 54.6 Å². The van der Waals surface area contributed by atoms with Gasteiger partial charge in [-0.05, 0) is 63.2 Å². The SMILES string of the molecule is CC(C)c1nc(-c2cccc(NC(=O)OC(C)(C)C)c2)c(-c2ccc(F)cc2)n1/C=C/C(O)CC(O)CC(=O)O. The Morgan fingerprint density at radius 3 is 2.38 bits per heavy atom. The molecule has 3 rings (SSSR count). The van der Waals surface area contributed by atoms with Gasteiger partial charge in [0.25, 0.3) is 0 Å². The smallest absolute Gasteiger partial charge is 0.412 e. The van der Waals surface area contributed by atoms with Gasteiger partial charge in [0.05, 0.1) is 30.0 Å². The summed E-state index contributed by atoms with van der Waals surface area (Å²) in [6, 6.07) is 13.0. The molecule has 2 atom stereocenters. The quantitative estimate of drug-likeness (QED) is 0.246. The van der Waals surface area contributed by atoms with E-state index < -0.39 is 42.1 Å². The number of carboxylic acids is 1. The first kappa shape index (κ1) is 30.5. The third-order valence-electron chi connectivity index (χ3n) is 5.73. The Morgan fingerprint density at radius 1 is 1.10 bits per heavy atom. The van der Waals surface area contributed by atoms with Crippen LogP contribution in [0.2, 0.25) is 0 Å². The van der Waals surface area contributed by atoms with Gasteiger partial charge in [0.15, 0.2) is 0 Å². The number of carbonyl (C=O) groups excluding carboxylic acids is 1. The zero-order valence-corrected chi connectivity index (χ0v) is 23.3. The van der Waals surface area contributed by atoms with Crippen molar-refractivity contribution in [2.45, 2.75) is 71.2 Å². The number of hydrogen-bond donors (Lipinski definition) is 4. The third kappa shape index (κ3) is 8.49. The van der Waals surface area contributed by atoms with Crippen LogP contribution < -0.4 is 5.32 Å². The van der Waals surface area contributed by atoms with Crippen LogP contribution in [-0.4, -0.2) is 54.7 Å². The van der Waals surface area contributed by atoms with Crippen LogP contribution in [0, 0.1) is 5.82 Å². The summed E-state index contributed by atoms with van der Waals surface area (Å²) < 4.78 is 21.0. The lowest BCUT2D eigenvalue weighted by Gasteiger charge is -2.19. The van der Waals surface area contributed by atoms with E-state index in [2.05, 4.69) is 5.32 Å². The van der Waals surface area contributed by atoms with Crippen molar-refractivity contribution in [3.63, 3.8) is 0 Å². The van der Waals surface area contributed by atoms with Gasteiger partial charge < -0.3 is 24.6 Å². The van der Waals surface area contributed by atoms with Gasteiger partial charge in [0, 0.05) is 35.4 Å². The predicted molar refractivity (Wildman–Crippen MR) is 151 cm³/mol. The van der Waals surface area contributed by atoms with Gasteiger partial charge in [-0.15, -0.1) is 0 Å². The molecule has 40 heavy (non-hydrogen) atoms. The lowest BCUT2D eigenvalue weighted by Crippen LogP contribution is -2.27. The minimum absolute atomic E-state index is 0.0598. The Kier molecular flexibility index (Phi) is 9.83. The number of aliphatic hydroxyl groups excluding tert-OH is 2. The maximum atomic E-state index is 13.8. The van der Waals surface area contributed by atoms with E-state index in [1.165, 1.54) is 18.2 Å². The number of nitrogens with one attached hydrogen (secondary N) is 1. The number of carboxylic acid groups (broad SMARTS) is 1. The number of aliphatic carboxylic acids is 1. The molecule has 0 saturated heterocycles. The molecular weight excluding hydrogens is 517 g/mol. The van der Waals surface area contributed by atoms with Gasteiger partial charge in [-0.25, -0.2) is 14.2 Å². The Bertz CT molecular complexity index is 1360. The molecule has 9 nitrogen and oxygen atoms in total. The summed E-state index contributed by atoms with van der Waals surface area (Å²) in [5, 5.41) is 32.0. The molecule has 0 spiro atoms. The van der Waals surface area contributed by atoms with E-state index in [-0.39, 0.29) is 12.3 Å². The minimum atomic E-state index is -1.21. The second kappa shape index (κ2) is 12.9. The molecule has 1 aromatic heterocycles. The second-order valence-electron chi connectivity index (χ2n) is 10.8. The number of ether oxygens (including phenoxy) is 1. The van der Waals surface area contributed by atoms with Crippen LogP contribution in [0.4, 0.5) is 14.9 Å². The maximum Gasteiger partial charge on any atom is 0.412 e. The number of carbonyl (C=O) groups is 2. The lowest BCUT2D eigenvalue weighted by atomic mass is 10.0. The summed E-state index contributed by atoms with van der Waals surface area (Å²) in [5.41, 5.74) is 2.35. The monoisotopic (exact) mass is 553 g/mol. The third-order valence-corrected chi connectivity index (χ3v) is 5.73. The number of aromatic nitrogens is 2. The van der Waals surface area contributed by atoms with Crippen molar-refractivity contribution in [3.05, 3.63) is 66.2 Å². The summed E-state index contributed by atoms with van der Waals surface area (Å²) in [6.45, 7) is 9.23. The fourth-order valence-electron chi connectivity index (χ4n) is 4.09. The van der Waals surface area contributed by atoms with E-state index in [4.69, 9.17) is 14.8 Å². The summed E-state index contributed by atoms with van der Waals surface area (Å²) in [6.07, 6.45) is -0.503. The van der Waals surface area contributed by atoms with E-state index in [9.17, 15) is 24.2 Å². The van der Waals surface area contributed by atoms with Gasteiger partial charge in [-0.2, -0.15) is 0 Å². The van der Waals surface area contributed by atoms with Crippen molar-refractivity contribution < 1.29 is 34.0 Å². The molecular formula is C30H36FN3O6. The summed E-state index contributed by atoms with van der Waals surface area (Å²) in [7, 11) is 0. The fraction of sp³-hybridized carbons (Fsp3) is 0.367. The molecule has 10 heteroatoms. The van der Waals surface area contributed by atoms with Gasteiger partial charge in [0.2, 0.25) is 0 Å². The van der Waals surface area contributed by atoms with E-state index in [1.807, 2.05) is 19.9 Å². The first-order valence-electron chi connectivity index (χ1n) is 13.0. The first-order chi connectivity index (χ1) is 18.7. The van der Waals surface area contributed by atoms with Crippen molar-refractivity contribution in [2.24, 2.45) is 0 Å². The number of aliphatic hydroxyl groups is 2. The van der Waals surface area contributed by atoms with Crippen LogP contribution >= 0.6 is 0 Å². The molecule has 2 unspecified atom stereocenters. The maximum absolute atomic E-state index is 13.8. The minimum Gasteiger partial charge on any atom is -0.481 e. The molecule has 0 saturated carbocycles. The predicted octanol–water partition coefficient (Wildman–Crippen LogP) is 5.88. The zero-order chi connectivity index (χ0) is 29.6.